The first-order valence-electron chi connectivity index (χ1n) is 5.19. The molecule has 0 amide bonds. The summed E-state index contributed by atoms with van der Waals surface area (Å²) in [7, 11) is 0. The summed E-state index contributed by atoms with van der Waals surface area (Å²) >= 11 is 0. The number of nitrogens with zero attached hydrogens (tertiary/aromatic N) is 3. The number of aryl methyl sites for hydroxylation is 1. The number of nitrogens with one attached hydrogen (secondary N) is 1. The van der Waals surface area contributed by atoms with Crippen LogP contribution in [0.25, 0.3) is 0 Å². The summed E-state index contributed by atoms with van der Waals surface area (Å²) in [5.41, 5.74) is 8.73. The lowest BCUT2D eigenvalue weighted by Gasteiger charge is -2.08. The molecule has 0 unspecified atom stereocenters. The van der Waals surface area contributed by atoms with Crippen molar-refractivity contribution in [2.45, 2.75) is 13.5 Å². The van der Waals surface area contributed by atoms with Gasteiger partial charge in [0.2, 0.25) is 0 Å². The Kier molecular flexibility index (Phi) is 3.05. The van der Waals surface area contributed by atoms with Crippen LogP contribution in [0.15, 0.2) is 30.6 Å². The Morgan fingerprint density at radius 1 is 1.38 bits per heavy atom. The smallest absolute Gasteiger partial charge is 0.0692 e. The van der Waals surface area contributed by atoms with Crippen molar-refractivity contribution in [3.63, 3.8) is 0 Å². The summed E-state index contributed by atoms with van der Waals surface area (Å²) in [5.74, 6) is 0. The fourth-order valence-electron chi connectivity index (χ4n) is 1.58. The monoisotopic (exact) mass is 217 g/mol. The van der Waals surface area contributed by atoms with Crippen LogP contribution in [0, 0.1) is 6.92 Å². The Bertz CT molecular complexity index is 429. The molecule has 0 aliphatic carbocycles. The zero-order chi connectivity index (χ0) is 11.4. The molecule has 2 rings (SSSR count). The van der Waals surface area contributed by atoms with Crippen LogP contribution in [-0.4, -0.2) is 21.5 Å². The van der Waals surface area contributed by atoms with Crippen LogP contribution in [0.5, 0.6) is 0 Å². The number of hydrogen-bond donors (Lipinski definition) is 2. The molecule has 0 spiro atoms. The molecule has 1 heterocycles. The van der Waals surface area contributed by atoms with Gasteiger partial charge in [-0.25, -0.2) is 0 Å². The second kappa shape index (κ2) is 4.65. The van der Waals surface area contributed by atoms with E-state index < -0.39 is 0 Å². The Labute approximate surface area is 94.3 Å². The van der Waals surface area contributed by atoms with E-state index in [1.54, 1.807) is 10.9 Å². The van der Waals surface area contributed by atoms with Gasteiger partial charge < -0.3 is 11.1 Å². The van der Waals surface area contributed by atoms with Crippen molar-refractivity contribution >= 4 is 11.4 Å². The summed E-state index contributed by atoms with van der Waals surface area (Å²) in [5, 5.41) is 10.9. The van der Waals surface area contributed by atoms with Crippen LogP contribution in [0.3, 0.4) is 0 Å². The van der Waals surface area contributed by atoms with Gasteiger partial charge in [-0.3, -0.25) is 4.68 Å². The fourth-order valence-corrected chi connectivity index (χ4v) is 1.58. The van der Waals surface area contributed by atoms with Crippen molar-refractivity contribution in [1.82, 2.24) is 15.0 Å². The van der Waals surface area contributed by atoms with E-state index in [0.29, 0.717) is 0 Å². The number of nitrogen functional groups attached to an aromatic ring is 1. The minimum Gasteiger partial charge on any atom is -0.399 e. The maximum absolute atomic E-state index is 5.76. The largest absolute Gasteiger partial charge is 0.399 e. The number of benzene rings is 1. The van der Waals surface area contributed by atoms with Gasteiger partial charge in [0.15, 0.2) is 0 Å². The van der Waals surface area contributed by atoms with Gasteiger partial charge in [0.25, 0.3) is 0 Å². The maximum Gasteiger partial charge on any atom is 0.0692 e. The van der Waals surface area contributed by atoms with Gasteiger partial charge in [0.1, 0.15) is 0 Å². The Hall–Kier alpha value is -2.04. The average molecular weight is 217 g/mol. The van der Waals surface area contributed by atoms with E-state index in [1.807, 2.05) is 25.3 Å². The quantitative estimate of drug-likeness (QED) is 0.757. The summed E-state index contributed by atoms with van der Waals surface area (Å²) in [6.07, 6.45) is 3.51. The first kappa shape index (κ1) is 10.5. The van der Waals surface area contributed by atoms with E-state index in [-0.39, 0.29) is 0 Å². The normalized spacial score (nSPS) is 10.3. The topological polar surface area (TPSA) is 68.8 Å². The predicted molar refractivity (Wildman–Crippen MR) is 64.1 cm³/mol. The third-order valence-corrected chi connectivity index (χ3v) is 2.24. The summed E-state index contributed by atoms with van der Waals surface area (Å²) in [4.78, 5) is 0. The molecule has 0 fully saturated rings. The first-order valence-corrected chi connectivity index (χ1v) is 5.19. The van der Waals surface area contributed by atoms with Crippen molar-refractivity contribution in [2.24, 2.45) is 0 Å². The molecule has 0 bridgehead atoms. The SMILES string of the molecule is Cc1cc(N)cc(NCCn2ccnn2)c1. The van der Waals surface area contributed by atoms with Gasteiger partial charge in [0, 0.05) is 24.1 Å². The number of aromatic nitrogens is 3. The van der Waals surface area contributed by atoms with Gasteiger partial charge >= 0.3 is 0 Å². The van der Waals surface area contributed by atoms with Crippen molar-refractivity contribution in [3.8, 4) is 0 Å². The molecule has 0 atom stereocenters. The van der Waals surface area contributed by atoms with E-state index in [0.717, 1.165) is 30.0 Å². The Balaban J connectivity index is 1.89. The molecule has 5 nitrogen and oxygen atoms in total. The molecule has 2 aromatic rings. The van der Waals surface area contributed by atoms with Crippen molar-refractivity contribution < 1.29 is 0 Å². The molecule has 1 aromatic heterocycles. The van der Waals surface area contributed by atoms with Crippen LogP contribution in [0.1, 0.15) is 5.56 Å². The van der Waals surface area contributed by atoms with E-state index in [1.165, 1.54) is 0 Å². The van der Waals surface area contributed by atoms with Gasteiger partial charge in [-0.1, -0.05) is 5.21 Å². The highest BCUT2D eigenvalue weighted by molar-refractivity contribution is 5.56. The predicted octanol–water partition coefficient (Wildman–Crippen LogP) is 1.28. The lowest BCUT2D eigenvalue weighted by molar-refractivity contribution is 0.609. The third-order valence-electron chi connectivity index (χ3n) is 2.24. The van der Waals surface area contributed by atoms with Crippen LogP contribution < -0.4 is 11.1 Å². The lowest BCUT2D eigenvalue weighted by atomic mass is 10.2. The molecule has 84 valence electrons. The molecule has 16 heavy (non-hydrogen) atoms. The highest BCUT2D eigenvalue weighted by Crippen LogP contribution is 2.15. The highest BCUT2D eigenvalue weighted by Gasteiger charge is 1.96. The molecule has 0 saturated heterocycles. The molecule has 3 N–H and O–H groups in total. The van der Waals surface area contributed by atoms with E-state index in [4.69, 9.17) is 5.73 Å². The maximum atomic E-state index is 5.76. The molecule has 1 aromatic carbocycles. The number of anilines is 2. The van der Waals surface area contributed by atoms with Gasteiger partial charge in [-0.05, 0) is 30.7 Å². The zero-order valence-corrected chi connectivity index (χ0v) is 9.22. The number of hydrogen-bond acceptors (Lipinski definition) is 4. The van der Waals surface area contributed by atoms with E-state index in [2.05, 4.69) is 21.7 Å². The minimum absolute atomic E-state index is 0.781. The molecule has 0 aliphatic heterocycles. The van der Waals surface area contributed by atoms with Crippen LogP contribution in [-0.2, 0) is 6.54 Å². The van der Waals surface area contributed by atoms with Crippen LogP contribution in [0.4, 0.5) is 11.4 Å². The van der Waals surface area contributed by atoms with Gasteiger partial charge in [-0.15, -0.1) is 5.10 Å². The summed E-state index contributed by atoms with van der Waals surface area (Å²) < 4.78 is 1.78. The second-order valence-corrected chi connectivity index (χ2v) is 3.73. The molecule has 5 heteroatoms. The van der Waals surface area contributed by atoms with Crippen LogP contribution >= 0.6 is 0 Å². The van der Waals surface area contributed by atoms with Crippen molar-refractivity contribution in [2.75, 3.05) is 17.6 Å². The average Bonchev–Trinajstić information content (AvgIpc) is 2.69. The van der Waals surface area contributed by atoms with Gasteiger partial charge in [-0.2, -0.15) is 0 Å². The summed E-state index contributed by atoms with van der Waals surface area (Å²) in [6, 6.07) is 5.94. The Morgan fingerprint density at radius 2 is 2.25 bits per heavy atom. The van der Waals surface area contributed by atoms with Crippen molar-refractivity contribution in [1.29, 1.82) is 0 Å². The fraction of sp³-hybridized carbons (Fsp3) is 0.273. The second-order valence-electron chi connectivity index (χ2n) is 3.73. The van der Waals surface area contributed by atoms with E-state index >= 15 is 0 Å². The molecule has 0 radical (unpaired) electrons. The third kappa shape index (κ3) is 2.73. The van der Waals surface area contributed by atoms with Gasteiger partial charge in [0.05, 0.1) is 12.7 Å². The van der Waals surface area contributed by atoms with E-state index in [9.17, 15) is 0 Å². The Morgan fingerprint density at radius 3 is 2.94 bits per heavy atom. The number of rotatable bonds is 4. The minimum atomic E-state index is 0.781. The zero-order valence-electron chi connectivity index (χ0n) is 9.22. The van der Waals surface area contributed by atoms with Crippen LogP contribution in [0.2, 0.25) is 0 Å². The molecular formula is C11H15N5. The highest BCUT2D eigenvalue weighted by atomic mass is 15.4. The molecular weight excluding hydrogens is 202 g/mol. The summed E-state index contributed by atoms with van der Waals surface area (Å²) in [6.45, 7) is 3.61. The molecule has 0 aliphatic rings. The number of nitrogens with two attached hydrogens (primary N) is 1. The first-order chi connectivity index (χ1) is 7.74. The van der Waals surface area contributed by atoms with Crippen molar-refractivity contribution in [3.05, 3.63) is 36.2 Å². The standard InChI is InChI=1S/C11H15N5/c1-9-6-10(12)8-11(7-9)13-2-4-16-5-3-14-15-16/h3,5-8,13H,2,4,12H2,1H3. The lowest BCUT2D eigenvalue weighted by Crippen LogP contribution is -2.11. The molecule has 0 saturated carbocycles.